The van der Waals surface area contributed by atoms with Gasteiger partial charge in [0.05, 0.1) is 16.8 Å². The highest BCUT2D eigenvalue weighted by molar-refractivity contribution is 9.10. The molecule has 1 saturated heterocycles. The lowest BCUT2D eigenvalue weighted by molar-refractivity contribution is -0.117. The molecule has 4 rings (SSSR count). The molecular formula is C25H19BrCl2N2O4. The molecule has 0 bridgehead atoms. The molecule has 1 heterocycles. The van der Waals surface area contributed by atoms with Crippen LogP contribution in [-0.2, 0) is 16.2 Å². The molecular weight excluding hydrogens is 543 g/mol. The molecule has 174 valence electrons. The Morgan fingerprint density at radius 1 is 1.03 bits per heavy atom. The van der Waals surface area contributed by atoms with Crippen LogP contribution in [0, 0.1) is 0 Å². The number of amides is 2. The first kappa shape index (κ1) is 24.1. The van der Waals surface area contributed by atoms with Gasteiger partial charge in [-0.1, -0.05) is 47.5 Å². The van der Waals surface area contributed by atoms with Crippen LogP contribution in [0.15, 0.2) is 70.7 Å². The van der Waals surface area contributed by atoms with Gasteiger partial charge in [-0.25, -0.2) is 5.01 Å². The summed E-state index contributed by atoms with van der Waals surface area (Å²) in [7, 11) is 0. The van der Waals surface area contributed by atoms with Crippen LogP contribution >= 0.6 is 39.1 Å². The predicted molar refractivity (Wildman–Crippen MR) is 136 cm³/mol. The minimum atomic E-state index is -0.486. The summed E-state index contributed by atoms with van der Waals surface area (Å²) in [6, 6.07) is 17.5. The summed E-state index contributed by atoms with van der Waals surface area (Å²) in [6.07, 6.45) is 1.52. The molecule has 0 saturated carbocycles. The minimum absolute atomic E-state index is 0.0137. The molecule has 0 radical (unpaired) electrons. The molecule has 1 aliphatic rings. The van der Waals surface area contributed by atoms with Crippen LogP contribution in [-0.4, -0.2) is 18.4 Å². The van der Waals surface area contributed by atoms with E-state index >= 15 is 0 Å². The maximum Gasteiger partial charge on any atom is 0.282 e. The predicted octanol–water partition coefficient (Wildman–Crippen LogP) is 6.20. The number of carbonyl (C=O) groups is 2. The second kappa shape index (κ2) is 10.5. The summed E-state index contributed by atoms with van der Waals surface area (Å²) in [5.74, 6) is 0.00587. The zero-order valence-electron chi connectivity index (χ0n) is 18.0. The fourth-order valence-corrected chi connectivity index (χ4v) is 4.38. The third kappa shape index (κ3) is 5.22. The molecule has 1 fully saturated rings. The normalized spacial score (nSPS) is 14.5. The summed E-state index contributed by atoms with van der Waals surface area (Å²) in [5, 5.41) is 2.26. The van der Waals surface area contributed by atoms with Gasteiger partial charge in [-0.3, -0.25) is 15.0 Å². The first-order valence-electron chi connectivity index (χ1n) is 10.3. The van der Waals surface area contributed by atoms with E-state index in [1.807, 2.05) is 13.0 Å². The lowest BCUT2D eigenvalue weighted by Gasteiger charge is -2.15. The smallest absolute Gasteiger partial charge is 0.282 e. The molecule has 0 aliphatic carbocycles. The van der Waals surface area contributed by atoms with Crippen molar-refractivity contribution in [2.24, 2.45) is 0 Å². The van der Waals surface area contributed by atoms with E-state index < -0.39 is 11.8 Å². The molecule has 3 aromatic carbocycles. The summed E-state index contributed by atoms with van der Waals surface area (Å²) in [5.41, 5.74) is 4.54. The molecule has 0 spiro atoms. The number of carbonyl (C=O) groups excluding carboxylic acids is 2. The van der Waals surface area contributed by atoms with E-state index in [1.165, 1.54) is 11.1 Å². The third-order valence-electron chi connectivity index (χ3n) is 4.94. The van der Waals surface area contributed by atoms with Crippen LogP contribution in [0.25, 0.3) is 6.08 Å². The first-order chi connectivity index (χ1) is 16.4. The van der Waals surface area contributed by atoms with Gasteiger partial charge in [-0.15, -0.1) is 0 Å². The van der Waals surface area contributed by atoms with Crippen molar-refractivity contribution in [3.63, 3.8) is 0 Å². The Balaban J connectivity index is 1.61. The van der Waals surface area contributed by atoms with Gasteiger partial charge in [0.15, 0.2) is 11.5 Å². The van der Waals surface area contributed by atoms with Crippen LogP contribution in [0.3, 0.4) is 0 Å². The second-order valence-corrected chi connectivity index (χ2v) is 8.96. The van der Waals surface area contributed by atoms with E-state index in [2.05, 4.69) is 21.4 Å². The highest BCUT2D eigenvalue weighted by atomic mass is 79.9. The number of ether oxygens (including phenoxy) is 2. The second-order valence-electron chi connectivity index (χ2n) is 7.26. The van der Waals surface area contributed by atoms with Crippen molar-refractivity contribution in [3.8, 4) is 11.5 Å². The van der Waals surface area contributed by atoms with Gasteiger partial charge in [0.2, 0.25) is 0 Å². The van der Waals surface area contributed by atoms with Crippen molar-refractivity contribution >= 4 is 62.7 Å². The van der Waals surface area contributed by atoms with Gasteiger partial charge in [0, 0.05) is 15.6 Å². The molecule has 1 N–H and O–H groups in total. The van der Waals surface area contributed by atoms with E-state index in [0.29, 0.717) is 43.9 Å². The van der Waals surface area contributed by atoms with Crippen LogP contribution in [0.5, 0.6) is 11.5 Å². The Morgan fingerprint density at radius 3 is 2.50 bits per heavy atom. The standard InChI is InChI=1S/C25H19BrCl2N2O4/c1-2-33-22-12-15(10-19-24(31)29-30(25(19)32)18-6-4-3-5-7-18)11-20(26)23(22)34-14-16-8-9-17(27)13-21(16)28/h3-13H,2,14H2,1H3,(H,29,31)/b19-10+. The van der Waals surface area contributed by atoms with Gasteiger partial charge in [0.1, 0.15) is 12.2 Å². The topological polar surface area (TPSA) is 67.9 Å². The fourth-order valence-electron chi connectivity index (χ4n) is 3.35. The Hall–Kier alpha value is -3.00. The number of nitrogens with zero attached hydrogens (tertiary/aromatic N) is 1. The molecule has 0 atom stereocenters. The van der Waals surface area contributed by atoms with Gasteiger partial charge >= 0.3 is 0 Å². The number of halogens is 3. The van der Waals surface area contributed by atoms with Gasteiger partial charge in [-0.2, -0.15) is 0 Å². The van der Waals surface area contributed by atoms with Gasteiger partial charge in [-0.05, 0) is 70.9 Å². The van der Waals surface area contributed by atoms with E-state index in [1.54, 1.807) is 54.6 Å². The van der Waals surface area contributed by atoms with Crippen LogP contribution < -0.4 is 19.9 Å². The van der Waals surface area contributed by atoms with Crippen LogP contribution in [0.4, 0.5) is 5.69 Å². The lowest BCUT2D eigenvalue weighted by Crippen LogP contribution is -2.35. The number of anilines is 1. The Labute approximate surface area is 215 Å². The maximum absolute atomic E-state index is 12.9. The lowest BCUT2D eigenvalue weighted by atomic mass is 10.1. The zero-order chi connectivity index (χ0) is 24.2. The average molecular weight is 562 g/mol. The number of para-hydroxylation sites is 1. The number of rotatable bonds is 7. The molecule has 9 heteroatoms. The van der Waals surface area contributed by atoms with E-state index in [9.17, 15) is 9.59 Å². The first-order valence-corrected chi connectivity index (χ1v) is 11.9. The van der Waals surface area contributed by atoms with Gasteiger partial charge in [0.25, 0.3) is 11.8 Å². The molecule has 34 heavy (non-hydrogen) atoms. The van der Waals surface area contributed by atoms with E-state index in [0.717, 1.165) is 5.56 Å². The van der Waals surface area contributed by atoms with Crippen molar-refractivity contribution in [2.75, 3.05) is 11.6 Å². The third-order valence-corrected chi connectivity index (χ3v) is 6.11. The number of hydrogen-bond donors (Lipinski definition) is 1. The Kier molecular flexibility index (Phi) is 7.46. The van der Waals surface area contributed by atoms with Gasteiger partial charge < -0.3 is 9.47 Å². The van der Waals surface area contributed by atoms with Crippen molar-refractivity contribution in [2.45, 2.75) is 13.5 Å². The van der Waals surface area contributed by atoms with Crippen molar-refractivity contribution in [1.29, 1.82) is 0 Å². The molecule has 6 nitrogen and oxygen atoms in total. The monoisotopic (exact) mass is 560 g/mol. The van der Waals surface area contributed by atoms with Crippen LogP contribution in [0.2, 0.25) is 10.0 Å². The summed E-state index contributed by atoms with van der Waals surface area (Å²) < 4.78 is 12.4. The summed E-state index contributed by atoms with van der Waals surface area (Å²) in [4.78, 5) is 25.4. The largest absolute Gasteiger partial charge is 0.490 e. The molecule has 2 amide bonds. The van der Waals surface area contributed by atoms with Crippen LogP contribution in [0.1, 0.15) is 18.1 Å². The Morgan fingerprint density at radius 2 is 1.79 bits per heavy atom. The average Bonchev–Trinajstić information content (AvgIpc) is 3.09. The molecule has 1 aliphatic heterocycles. The summed E-state index contributed by atoms with van der Waals surface area (Å²) >= 11 is 15.7. The maximum atomic E-state index is 12.9. The van der Waals surface area contributed by atoms with E-state index in [4.69, 9.17) is 32.7 Å². The molecule has 3 aromatic rings. The number of nitrogens with one attached hydrogen (secondary N) is 1. The van der Waals surface area contributed by atoms with Crippen molar-refractivity contribution in [1.82, 2.24) is 5.43 Å². The quantitative estimate of drug-likeness (QED) is 0.276. The SMILES string of the molecule is CCOc1cc(/C=C2\C(=O)NN(c3ccccc3)C2=O)cc(Br)c1OCc1ccc(Cl)cc1Cl. The highest BCUT2D eigenvalue weighted by Gasteiger charge is 2.34. The van der Waals surface area contributed by atoms with E-state index in [-0.39, 0.29) is 12.2 Å². The minimum Gasteiger partial charge on any atom is -0.490 e. The highest BCUT2D eigenvalue weighted by Crippen LogP contribution is 2.39. The zero-order valence-corrected chi connectivity index (χ0v) is 21.1. The van der Waals surface area contributed by atoms with Crippen molar-refractivity contribution < 1.29 is 19.1 Å². The number of hydrazine groups is 1. The Bertz CT molecular complexity index is 1280. The molecule has 0 aromatic heterocycles. The fraction of sp³-hybridized carbons (Fsp3) is 0.120. The number of hydrogen-bond acceptors (Lipinski definition) is 4. The summed E-state index contributed by atoms with van der Waals surface area (Å²) in [6.45, 7) is 2.44. The number of benzene rings is 3. The van der Waals surface area contributed by atoms with Crippen molar-refractivity contribution in [3.05, 3.63) is 91.9 Å². The molecule has 0 unspecified atom stereocenters.